The fraction of sp³-hybridized carbons (Fsp3) is 0.500. The number of hydrogen-bond acceptors (Lipinski definition) is 3. The Morgan fingerprint density at radius 2 is 1.88 bits per heavy atom. The zero-order chi connectivity index (χ0) is 12.8. The minimum Gasteiger partial charge on any atom is -0.469 e. The van der Waals surface area contributed by atoms with Gasteiger partial charge in [0.2, 0.25) is 0 Å². The Labute approximate surface area is 103 Å². The van der Waals surface area contributed by atoms with Crippen molar-refractivity contribution in [1.29, 1.82) is 0 Å². The van der Waals surface area contributed by atoms with Crippen LogP contribution in [0, 0.1) is 5.92 Å². The van der Waals surface area contributed by atoms with E-state index in [0.29, 0.717) is 5.92 Å². The molecule has 0 aromatic heterocycles. The molecule has 1 rings (SSSR count). The van der Waals surface area contributed by atoms with E-state index in [2.05, 4.69) is 30.7 Å². The fourth-order valence-corrected chi connectivity index (χ4v) is 2.20. The van der Waals surface area contributed by atoms with Crippen molar-refractivity contribution < 1.29 is 9.53 Å². The molecule has 0 spiro atoms. The van der Waals surface area contributed by atoms with Crippen LogP contribution in [0.1, 0.15) is 31.7 Å². The number of carbonyl (C=O) groups is 1. The van der Waals surface area contributed by atoms with E-state index in [-0.39, 0.29) is 24.3 Å². The van der Waals surface area contributed by atoms with Gasteiger partial charge in [0.1, 0.15) is 0 Å². The average Bonchev–Trinajstić information content (AvgIpc) is 2.29. The number of methoxy groups -OCH3 is 1. The molecule has 0 amide bonds. The van der Waals surface area contributed by atoms with E-state index < -0.39 is 0 Å². The van der Waals surface area contributed by atoms with Gasteiger partial charge in [-0.05, 0) is 11.5 Å². The summed E-state index contributed by atoms with van der Waals surface area (Å²) in [4.78, 5) is 11.3. The van der Waals surface area contributed by atoms with Crippen molar-refractivity contribution in [2.24, 2.45) is 11.7 Å². The molecular weight excluding hydrogens is 214 g/mol. The lowest BCUT2D eigenvalue weighted by atomic mass is 9.81. The molecule has 0 aliphatic carbocycles. The first-order valence-electron chi connectivity index (χ1n) is 5.93. The molecule has 0 saturated carbocycles. The molecule has 0 aliphatic heterocycles. The van der Waals surface area contributed by atoms with Gasteiger partial charge in [-0.2, -0.15) is 0 Å². The zero-order valence-electron chi connectivity index (χ0n) is 10.7. The molecule has 3 heteroatoms. The van der Waals surface area contributed by atoms with Gasteiger partial charge in [-0.1, -0.05) is 44.2 Å². The second-order valence-electron chi connectivity index (χ2n) is 4.62. The third-order valence-electron chi connectivity index (χ3n) is 2.99. The van der Waals surface area contributed by atoms with Crippen LogP contribution in [0.25, 0.3) is 0 Å². The van der Waals surface area contributed by atoms with E-state index in [1.165, 1.54) is 12.7 Å². The summed E-state index contributed by atoms with van der Waals surface area (Å²) in [5.74, 6) is 0.312. The zero-order valence-corrected chi connectivity index (χ0v) is 10.7. The number of hydrogen-bond donors (Lipinski definition) is 1. The molecule has 0 heterocycles. The van der Waals surface area contributed by atoms with E-state index in [9.17, 15) is 4.79 Å². The van der Waals surface area contributed by atoms with Crippen molar-refractivity contribution in [3.63, 3.8) is 0 Å². The van der Waals surface area contributed by atoms with Crippen LogP contribution in [0.4, 0.5) is 0 Å². The summed E-state index contributed by atoms with van der Waals surface area (Å²) in [6.07, 6.45) is 0.258. The Balaban J connectivity index is 2.83. The second-order valence-corrected chi connectivity index (χ2v) is 4.62. The minimum absolute atomic E-state index is 0.176. The second kappa shape index (κ2) is 6.40. The SMILES string of the molecule is COC(=O)CC(N)C(c1ccccc1)C(C)C. The van der Waals surface area contributed by atoms with E-state index in [1.807, 2.05) is 18.2 Å². The van der Waals surface area contributed by atoms with Gasteiger partial charge in [-0.25, -0.2) is 0 Å². The molecule has 0 bridgehead atoms. The van der Waals surface area contributed by atoms with Gasteiger partial charge in [0, 0.05) is 12.0 Å². The number of esters is 1. The molecule has 0 saturated heterocycles. The molecule has 2 N–H and O–H groups in total. The molecule has 1 aromatic rings. The molecule has 3 nitrogen and oxygen atoms in total. The molecule has 0 radical (unpaired) electrons. The lowest BCUT2D eigenvalue weighted by molar-refractivity contribution is -0.141. The third kappa shape index (κ3) is 3.86. The maximum atomic E-state index is 11.3. The quantitative estimate of drug-likeness (QED) is 0.797. The van der Waals surface area contributed by atoms with Gasteiger partial charge in [0.25, 0.3) is 0 Å². The minimum atomic E-state index is -0.251. The molecule has 2 atom stereocenters. The van der Waals surface area contributed by atoms with Gasteiger partial charge in [-0.3, -0.25) is 4.79 Å². The number of rotatable bonds is 5. The Morgan fingerprint density at radius 3 is 2.35 bits per heavy atom. The summed E-state index contributed by atoms with van der Waals surface area (Å²) in [6.45, 7) is 4.24. The molecule has 17 heavy (non-hydrogen) atoms. The number of ether oxygens (including phenoxy) is 1. The van der Waals surface area contributed by atoms with Gasteiger partial charge in [-0.15, -0.1) is 0 Å². The van der Waals surface area contributed by atoms with Gasteiger partial charge >= 0.3 is 5.97 Å². The number of carbonyl (C=O) groups excluding carboxylic acids is 1. The lowest BCUT2D eigenvalue weighted by Gasteiger charge is -2.27. The van der Waals surface area contributed by atoms with E-state index in [1.54, 1.807) is 0 Å². The largest absolute Gasteiger partial charge is 0.469 e. The van der Waals surface area contributed by atoms with Crippen molar-refractivity contribution >= 4 is 5.97 Å². The van der Waals surface area contributed by atoms with E-state index in [0.717, 1.165) is 0 Å². The lowest BCUT2D eigenvalue weighted by Crippen LogP contribution is -2.34. The highest BCUT2D eigenvalue weighted by Crippen LogP contribution is 2.28. The van der Waals surface area contributed by atoms with Crippen molar-refractivity contribution in [2.75, 3.05) is 7.11 Å². The maximum absolute atomic E-state index is 11.3. The maximum Gasteiger partial charge on any atom is 0.307 e. The van der Waals surface area contributed by atoms with Crippen LogP contribution in [0.2, 0.25) is 0 Å². The smallest absolute Gasteiger partial charge is 0.307 e. The summed E-state index contributed by atoms with van der Waals surface area (Å²) in [5.41, 5.74) is 7.31. The molecule has 0 fully saturated rings. The summed E-state index contributed by atoms with van der Waals surface area (Å²) in [7, 11) is 1.39. The van der Waals surface area contributed by atoms with Crippen molar-refractivity contribution in [2.45, 2.75) is 32.2 Å². The van der Waals surface area contributed by atoms with Crippen LogP contribution in [0.3, 0.4) is 0 Å². The molecule has 1 aromatic carbocycles. The summed E-state index contributed by atoms with van der Waals surface area (Å²) in [5, 5.41) is 0. The van der Waals surface area contributed by atoms with E-state index in [4.69, 9.17) is 5.73 Å². The van der Waals surface area contributed by atoms with Crippen molar-refractivity contribution in [3.8, 4) is 0 Å². The van der Waals surface area contributed by atoms with Crippen LogP contribution >= 0.6 is 0 Å². The third-order valence-corrected chi connectivity index (χ3v) is 2.99. The predicted molar refractivity (Wildman–Crippen MR) is 68.6 cm³/mol. The first-order chi connectivity index (χ1) is 8.06. The molecule has 0 aliphatic rings. The number of nitrogens with two attached hydrogens (primary N) is 1. The van der Waals surface area contributed by atoms with Crippen LogP contribution in [0.15, 0.2) is 30.3 Å². The van der Waals surface area contributed by atoms with Gasteiger partial charge < -0.3 is 10.5 Å². The standard InChI is InChI=1S/C14H21NO2/c1-10(2)14(11-7-5-4-6-8-11)12(15)9-13(16)17-3/h4-8,10,12,14H,9,15H2,1-3H3. The Kier molecular flexibility index (Phi) is 5.16. The van der Waals surface area contributed by atoms with Gasteiger partial charge in [0.15, 0.2) is 0 Å². The van der Waals surface area contributed by atoms with Crippen LogP contribution < -0.4 is 5.73 Å². The predicted octanol–water partition coefficient (Wildman–Crippen LogP) is 2.32. The van der Waals surface area contributed by atoms with Crippen molar-refractivity contribution in [3.05, 3.63) is 35.9 Å². The summed E-state index contributed by atoms with van der Waals surface area (Å²) in [6, 6.07) is 9.88. The summed E-state index contributed by atoms with van der Waals surface area (Å²) >= 11 is 0. The molecular formula is C14H21NO2. The average molecular weight is 235 g/mol. The molecule has 94 valence electrons. The van der Waals surface area contributed by atoms with E-state index >= 15 is 0 Å². The van der Waals surface area contributed by atoms with Crippen LogP contribution in [0.5, 0.6) is 0 Å². The van der Waals surface area contributed by atoms with Gasteiger partial charge in [0.05, 0.1) is 13.5 Å². The molecule has 2 unspecified atom stereocenters. The Hall–Kier alpha value is -1.35. The van der Waals surface area contributed by atoms with Crippen LogP contribution in [-0.2, 0) is 9.53 Å². The monoisotopic (exact) mass is 235 g/mol. The Bertz CT molecular complexity index is 348. The highest BCUT2D eigenvalue weighted by molar-refractivity contribution is 5.70. The Morgan fingerprint density at radius 1 is 1.29 bits per heavy atom. The normalized spacial score (nSPS) is 14.4. The first kappa shape index (κ1) is 13.7. The highest BCUT2D eigenvalue weighted by atomic mass is 16.5. The topological polar surface area (TPSA) is 52.3 Å². The van der Waals surface area contributed by atoms with Crippen molar-refractivity contribution in [1.82, 2.24) is 0 Å². The first-order valence-corrected chi connectivity index (χ1v) is 5.93. The van der Waals surface area contributed by atoms with Crippen LogP contribution in [-0.4, -0.2) is 19.1 Å². The highest BCUT2D eigenvalue weighted by Gasteiger charge is 2.25. The number of benzene rings is 1. The summed E-state index contributed by atoms with van der Waals surface area (Å²) < 4.78 is 4.67. The fourth-order valence-electron chi connectivity index (χ4n) is 2.20.